The van der Waals surface area contributed by atoms with Crippen molar-refractivity contribution in [2.75, 3.05) is 37.8 Å². The zero-order valence-corrected chi connectivity index (χ0v) is 36.9. The van der Waals surface area contributed by atoms with E-state index in [-0.39, 0.29) is 48.0 Å². The van der Waals surface area contributed by atoms with Crippen LogP contribution in [0.5, 0.6) is 0 Å². The first-order valence-corrected chi connectivity index (χ1v) is 24.1. The van der Waals surface area contributed by atoms with Gasteiger partial charge in [0.2, 0.25) is 11.8 Å². The number of fused-ring (bicyclic) bond motifs is 1. The molecule has 24 nitrogen and oxygen atoms in total. The maximum Gasteiger partial charge on any atom is 0.481 e. The van der Waals surface area contributed by atoms with Crippen LogP contribution in [0.25, 0.3) is 11.2 Å². The lowest BCUT2D eigenvalue weighted by Crippen LogP contribution is -2.46. The Hall–Kier alpha value is -3.22. The van der Waals surface area contributed by atoms with E-state index < -0.39 is 84.6 Å². The van der Waals surface area contributed by atoms with Gasteiger partial charge in [-0.1, -0.05) is 69.0 Å². The average Bonchev–Trinajstić information content (AvgIpc) is 3.73. The van der Waals surface area contributed by atoms with E-state index in [0.29, 0.717) is 5.75 Å². The van der Waals surface area contributed by atoms with Crippen LogP contribution < -0.4 is 16.4 Å². The number of rotatable bonds is 26. The van der Waals surface area contributed by atoms with Gasteiger partial charge < -0.3 is 50.9 Å². The van der Waals surface area contributed by atoms with Crippen LogP contribution in [0.3, 0.4) is 0 Å². The first-order valence-electron chi connectivity index (χ1n) is 18.6. The predicted molar refractivity (Wildman–Crippen MR) is 219 cm³/mol. The van der Waals surface area contributed by atoms with Gasteiger partial charge in [0.1, 0.15) is 36.3 Å². The number of amides is 2. The number of nitrogens with zero attached hydrogens (tertiary/aromatic N) is 4. The molecule has 1 saturated heterocycles. The van der Waals surface area contributed by atoms with Crippen LogP contribution in [0.1, 0.15) is 59.1 Å². The molecule has 28 heteroatoms. The monoisotopic (exact) mass is 943 g/mol. The molecular weight excluding hydrogens is 891 g/mol. The molecule has 2 amide bonds. The van der Waals surface area contributed by atoms with E-state index in [1.807, 2.05) is 18.2 Å². The van der Waals surface area contributed by atoms with Crippen molar-refractivity contribution in [1.29, 1.82) is 0 Å². The maximum absolute atomic E-state index is 12.7. The molecule has 0 aliphatic carbocycles. The minimum atomic E-state index is -5.58. The van der Waals surface area contributed by atoms with E-state index in [1.165, 1.54) is 13.8 Å². The molecule has 7 atom stereocenters. The molecule has 0 aromatic carbocycles. The van der Waals surface area contributed by atoms with E-state index in [2.05, 4.69) is 53.5 Å². The van der Waals surface area contributed by atoms with Gasteiger partial charge in [-0.25, -0.2) is 28.6 Å². The predicted octanol–water partition coefficient (Wildman–Crippen LogP) is 1.91. The number of carbonyl (C=O) groups is 3. The Balaban J connectivity index is 1.41. The topological polar surface area (TPSA) is 364 Å². The van der Waals surface area contributed by atoms with Crippen molar-refractivity contribution in [3.63, 3.8) is 0 Å². The number of hydrogen-bond acceptors (Lipinski definition) is 18. The molecule has 0 bridgehead atoms. The number of aliphatic hydroxyl groups is 2. The van der Waals surface area contributed by atoms with Crippen LogP contribution in [-0.4, -0.2) is 123 Å². The summed E-state index contributed by atoms with van der Waals surface area (Å²) >= 11 is 1.07. The number of hydrogen-bond donors (Lipinski definition) is 9. The van der Waals surface area contributed by atoms with Gasteiger partial charge in [0, 0.05) is 37.1 Å². The SMILES string of the molecule is CC/C=C\C/C=C\C/C=C\CC(=O)SCCNC(=O)CCNC(=O)[C@H](O)C(C)(C)COP(=O)(O)OP(=O)(O)OC[C@H]1O[C@@H](n2cnc3c(N)ncnc32)[C@H](O)[C@@H]1OP(=O)(O)O. The van der Waals surface area contributed by atoms with Crippen LogP contribution in [0.2, 0.25) is 0 Å². The normalized spacial score (nSPS) is 21.3. The maximum atomic E-state index is 12.7. The fraction of sp³-hybridized carbons (Fsp3) is 0.576. The summed E-state index contributed by atoms with van der Waals surface area (Å²) in [5.41, 5.74) is 4.26. The largest absolute Gasteiger partial charge is 0.481 e. The summed E-state index contributed by atoms with van der Waals surface area (Å²) in [6.07, 6.45) is 7.82. The van der Waals surface area contributed by atoms with Crippen molar-refractivity contribution >= 4 is 69.1 Å². The number of nitrogens with one attached hydrogen (secondary N) is 2. The number of thioether (sulfide) groups is 1. The van der Waals surface area contributed by atoms with Gasteiger partial charge >= 0.3 is 23.5 Å². The molecule has 61 heavy (non-hydrogen) atoms. The van der Waals surface area contributed by atoms with Crippen LogP contribution >= 0.6 is 35.2 Å². The Morgan fingerprint density at radius 2 is 1.64 bits per heavy atom. The summed E-state index contributed by atoms with van der Waals surface area (Å²) in [4.78, 5) is 87.9. The van der Waals surface area contributed by atoms with Crippen LogP contribution in [0, 0.1) is 5.41 Å². The Morgan fingerprint density at radius 1 is 0.984 bits per heavy atom. The second-order valence-electron chi connectivity index (χ2n) is 13.8. The summed E-state index contributed by atoms with van der Waals surface area (Å²) in [5.74, 6) is -1.12. The zero-order chi connectivity index (χ0) is 45.4. The number of imidazole rings is 1. The second kappa shape index (κ2) is 24.0. The first-order chi connectivity index (χ1) is 28.6. The number of allylic oxidation sites excluding steroid dienone is 6. The van der Waals surface area contributed by atoms with Gasteiger partial charge in [-0.2, -0.15) is 4.31 Å². The summed E-state index contributed by atoms with van der Waals surface area (Å²) in [5, 5.41) is 26.4. The average molecular weight is 944 g/mol. The van der Waals surface area contributed by atoms with E-state index >= 15 is 0 Å². The van der Waals surface area contributed by atoms with Gasteiger partial charge in [-0.3, -0.25) is 32.5 Å². The van der Waals surface area contributed by atoms with Crippen molar-refractivity contribution in [1.82, 2.24) is 30.2 Å². The highest BCUT2D eigenvalue weighted by Gasteiger charge is 2.50. The van der Waals surface area contributed by atoms with Gasteiger partial charge in [0.05, 0.1) is 19.5 Å². The number of aliphatic hydroxyl groups excluding tert-OH is 2. The van der Waals surface area contributed by atoms with Crippen molar-refractivity contribution < 1.29 is 80.5 Å². The summed E-state index contributed by atoms with van der Waals surface area (Å²) < 4.78 is 62.2. The molecule has 10 N–H and O–H groups in total. The van der Waals surface area contributed by atoms with E-state index in [9.17, 15) is 57.9 Å². The summed E-state index contributed by atoms with van der Waals surface area (Å²) in [7, 11) is -16.4. The molecule has 2 unspecified atom stereocenters. The summed E-state index contributed by atoms with van der Waals surface area (Å²) in [6.45, 7) is 2.55. The van der Waals surface area contributed by atoms with Crippen LogP contribution in [-0.2, 0) is 50.7 Å². The highest BCUT2D eigenvalue weighted by atomic mass is 32.2. The molecule has 1 aliphatic heterocycles. The number of nitrogens with two attached hydrogens (primary N) is 1. The minimum Gasteiger partial charge on any atom is -0.386 e. The third-order valence-corrected chi connectivity index (χ3v) is 12.3. The molecule has 3 heterocycles. The standard InChI is InChI=1S/C33H52N7O17P3S/c1-4-5-6-7-8-9-10-11-12-13-24(42)61-17-16-35-23(41)14-15-36-31(45)28(44)33(2,3)19-54-60(51,52)57-59(49,50)53-18-22-27(56-58(46,47)48)26(43)32(55-22)40-21-39-25-29(34)37-20-38-30(25)40/h5-6,8-9,11-12,20-22,26-28,32,43-44H,4,7,10,13-19H2,1-3H3,(H,35,41)(H,36,45)(H,49,50)(H,51,52)(H2,34,37,38)(H2,46,47,48)/b6-5-,9-8-,12-11-/t22-,26-,27-,28+,32-/m1/s1. The third kappa shape index (κ3) is 17.8. The van der Waals surface area contributed by atoms with Crippen molar-refractivity contribution in [2.45, 2.75) is 83.5 Å². The van der Waals surface area contributed by atoms with E-state index in [1.54, 1.807) is 6.08 Å². The molecule has 0 radical (unpaired) electrons. The molecule has 2 aromatic heterocycles. The number of phosphoric acid groups is 3. The van der Waals surface area contributed by atoms with E-state index in [0.717, 1.165) is 48.2 Å². The number of anilines is 1. The van der Waals surface area contributed by atoms with Crippen LogP contribution in [0.4, 0.5) is 5.82 Å². The van der Waals surface area contributed by atoms with Gasteiger partial charge in [0.15, 0.2) is 22.8 Å². The van der Waals surface area contributed by atoms with Gasteiger partial charge in [-0.05, 0) is 19.3 Å². The van der Waals surface area contributed by atoms with Gasteiger partial charge in [-0.15, -0.1) is 0 Å². The number of phosphoric ester groups is 3. The van der Waals surface area contributed by atoms with Gasteiger partial charge in [0.25, 0.3) is 0 Å². The molecule has 1 fully saturated rings. The molecule has 0 spiro atoms. The van der Waals surface area contributed by atoms with Crippen LogP contribution in [0.15, 0.2) is 49.1 Å². The number of ether oxygens (including phenoxy) is 1. The lowest BCUT2D eigenvalue weighted by Gasteiger charge is -2.30. The minimum absolute atomic E-state index is 0.0297. The lowest BCUT2D eigenvalue weighted by atomic mass is 9.87. The van der Waals surface area contributed by atoms with Crippen molar-refractivity contribution in [3.8, 4) is 0 Å². The number of carbonyl (C=O) groups excluding carboxylic acids is 3. The molecule has 3 rings (SSSR count). The first kappa shape index (κ1) is 52.1. The Kier molecular flexibility index (Phi) is 20.5. The molecule has 2 aromatic rings. The third-order valence-electron chi connectivity index (χ3n) is 8.33. The molecule has 342 valence electrons. The fourth-order valence-electron chi connectivity index (χ4n) is 5.24. The Morgan fingerprint density at radius 3 is 2.31 bits per heavy atom. The zero-order valence-electron chi connectivity index (χ0n) is 33.4. The lowest BCUT2D eigenvalue weighted by molar-refractivity contribution is -0.137. The smallest absolute Gasteiger partial charge is 0.386 e. The quantitative estimate of drug-likeness (QED) is 0.0369. The number of nitrogen functional groups attached to an aromatic ring is 1. The fourth-order valence-corrected chi connectivity index (χ4v) is 8.72. The molecule has 0 saturated carbocycles. The second-order valence-corrected chi connectivity index (χ2v) is 19.2. The molecular formula is C33H52N7O17P3S. The van der Waals surface area contributed by atoms with Crippen molar-refractivity contribution in [3.05, 3.63) is 49.1 Å². The Bertz CT molecular complexity index is 2030. The number of aromatic nitrogens is 4. The molecule has 1 aliphatic rings. The summed E-state index contributed by atoms with van der Waals surface area (Å²) in [6, 6.07) is 0. The van der Waals surface area contributed by atoms with E-state index in [4.69, 9.17) is 19.5 Å². The Labute approximate surface area is 354 Å². The highest BCUT2D eigenvalue weighted by molar-refractivity contribution is 8.13. The van der Waals surface area contributed by atoms with Crippen molar-refractivity contribution in [2.24, 2.45) is 5.41 Å². The highest BCUT2D eigenvalue weighted by Crippen LogP contribution is 2.61.